The summed E-state index contributed by atoms with van der Waals surface area (Å²) in [5, 5.41) is 4.66. The normalized spacial score (nSPS) is 10.6. The Kier molecular flexibility index (Phi) is 3.15. The molecule has 0 fully saturated rings. The lowest BCUT2D eigenvalue weighted by Crippen LogP contribution is -2.00. The van der Waals surface area contributed by atoms with Gasteiger partial charge in [0.25, 0.3) is 0 Å². The van der Waals surface area contributed by atoms with Crippen LogP contribution in [0.3, 0.4) is 0 Å². The van der Waals surface area contributed by atoms with Crippen molar-refractivity contribution in [1.82, 2.24) is 4.98 Å². The average Bonchev–Trinajstić information content (AvgIpc) is 2.46. The summed E-state index contributed by atoms with van der Waals surface area (Å²) < 4.78 is 0. The van der Waals surface area contributed by atoms with Crippen molar-refractivity contribution in [2.24, 2.45) is 0 Å². The van der Waals surface area contributed by atoms with Crippen molar-refractivity contribution in [1.29, 1.82) is 0 Å². The summed E-state index contributed by atoms with van der Waals surface area (Å²) in [5.41, 5.74) is 4.77. The molecule has 1 heterocycles. The van der Waals surface area contributed by atoms with Crippen molar-refractivity contribution < 1.29 is 0 Å². The van der Waals surface area contributed by atoms with Crippen LogP contribution in [0.2, 0.25) is 0 Å². The molecule has 94 valence electrons. The Morgan fingerprint density at radius 3 is 2.79 bits per heavy atom. The number of hydrogen-bond donors (Lipinski definition) is 1. The molecular formula is C17H16N2. The fraction of sp³-hybridized carbons (Fsp3) is 0.118. The van der Waals surface area contributed by atoms with E-state index >= 15 is 0 Å². The molecule has 1 aromatic heterocycles. The average molecular weight is 248 g/mol. The summed E-state index contributed by atoms with van der Waals surface area (Å²) in [7, 11) is 0. The Morgan fingerprint density at radius 1 is 1.00 bits per heavy atom. The summed E-state index contributed by atoms with van der Waals surface area (Å²) >= 11 is 0. The zero-order chi connectivity index (χ0) is 13.1. The van der Waals surface area contributed by atoms with Crippen LogP contribution in [0.15, 0.2) is 60.8 Å². The van der Waals surface area contributed by atoms with Crippen LogP contribution in [0.4, 0.5) is 5.69 Å². The molecule has 2 aromatic carbocycles. The second-order valence-corrected chi connectivity index (χ2v) is 4.70. The molecule has 0 radical (unpaired) electrons. The minimum absolute atomic E-state index is 0.829. The highest BCUT2D eigenvalue weighted by atomic mass is 14.9. The maximum Gasteiger partial charge on any atom is 0.0702 e. The minimum atomic E-state index is 0.829. The van der Waals surface area contributed by atoms with Gasteiger partial charge in [0.05, 0.1) is 5.52 Å². The summed E-state index contributed by atoms with van der Waals surface area (Å²) in [6.07, 6.45) is 1.83. The van der Waals surface area contributed by atoms with Gasteiger partial charge in [-0.05, 0) is 42.3 Å². The predicted molar refractivity (Wildman–Crippen MR) is 80.2 cm³/mol. The summed E-state index contributed by atoms with van der Waals surface area (Å²) in [6.45, 7) is 2.95. The van der Waals surface area contributed by atoms with Gasteiger partial charge in [-0.15, -0.1) is 0 Å². The molecule has 0 aliphatic rings. The van der Waals surface area contributed by atoms with Gasteiger partial charge < -0.3 is 5.32 Å². The third-order valence-corrected chi connectivity index (χ3v) is 3.30. The van der Waals surface area contributed by atoms with Gasteiger partial charge >= 0.3 is 0 Å². The molecule has 0 spiro atoms. The Morgan fingerprint density at radius 2 is 1.89 bits per heavy atom. The van der Waals surface area contributed by atoms with E-state index in [0.29, 0.717) is 0 Å². The molecular weight excluding hydrogens is 232 g/mol. The van der Waals surface area contributed by atoms with Gasteiger partial charge in [0.2, 0.25) is 0 Å². The largest absolute Gasteiger partial charge is 0.381 e. The molecule has 0 saturated carbocycles. The molecule has 0 aliphatic carbocycles. The number of hydrogen-bond acceptors (Lipinski definition) is 2. The van der Waals surface area contributed by atoms with Crippen molar-refractivity contribution in [3.63, 3.8) is 0 Å². The molecule has 0 bridgehead atoms. The van der Waals surface area contributed by atoms with Gasteiger partial charge in [0.15, 0.2) is 0 Å². The van der Waals surface area contributed by atoms with Crippen LogP contribution in [0, 0.1) is 6.92 Å². The van der Waals surface area contributed by atoms with Crippen LogP contribution in [0.5, 0.6) is 0 Å². The Labute approximate surface area is 113 Å². The molecule has 0 amide bonds. The van der Waals surface area contributed by atoms with E-state index < -0.39 is 0 Å². The van der Waals surface area contributed by atoms with Gasteiger partial charge in [-0.3, -0.25) is 4.98 Å². The standard InChI is InChI=1S/C17H16N2/c1-13-5-2-3-7-16(13)19-12-14-8-9-17-15(11-14)6-4-10-18-17/h2-11,19H,12H2,1H3. The third kappa shape index (κ3) is 2.58. The smallest absolute Gasteiger partial charge is 0.0702 e. The van der Waals surface area contributed by atoms with E-state index in [2.05, 4.69) is 65.8 Å². The second-order valence-electron chi connectivity index (χ2n) is 4.70. The van der Waals surface area contributed by atoms with E-state index in [1.165, 1.54) is 22.2 Å². The van der Waals surface area contributed by atoms with Crippen LogP contribution in [-0.2, 0) is 6.54 Å². The van der Waals surface area contributed by atoms with Crippen LogP contribution in [-0.4, -0.2) is 4.98 Å². The number of rotatable bonds is 3. The van der Waals surface area contributed by atoms with E-state index in [4.69, 9.17) is 0 Å². The van der Waals surface area contributed by atoms with Gasteiger partial charge in [-0.2, -0.15) is 0 Å². The lowest BCUT2D eigenvalue weighted by atomic mass is 10.1. The predicted octanol–water partition coefficient (Wildman–Crippen LogP) is 4.16. The van der Waals surface area contributed by atoms with E-state index in [-0.39, 0.29) is 0 Å². The Bertz CT molecular complexity index is 704. The third-order valence-electron chi connectivity index (χ3n) is 3.30. The highest BCUT2D eigenvalue weighted by molar-refractivity contribution is 5.79. The van der Waals surface area contributed by atoms with Crippen LogP contribution >= 0.6 is 0 Å². The zero-order valence-electron chi connectivity index (χ0n) is 10.9. The number of para-hydroxylation sites is 1. The van der Waals surface area contributed by atoms with Crippen molar-refractivity contribution in [3.8, 4) is 0 Å². The molecule has 0 aliphatic heterocycles. The molecule has 0 unspecified atom stereocenters. The number of anilines is 1. The molecule has 0 saturated heterocycles. The van der Waals surface area contributed by atoms with Crippen molar-refractivity contribution in [2.75, 3.05) is 5.32 Å². The van der Waals surface area contributed by atoms with Gasteiger partial charge in [0.1, 0.15) is 0 Å². The van der Waals surface area contributed by atoms with Crippen LogP contribution in [0.25, 0.3) is 10.9 Å². The number of nitrogens with one attached hydrogen (secondary N) is 1. The summed E-state index contributed by atoms with van der Waals surface area (Å²) in [4.78, 5) is 4.33. The Hall–Kier alpha value is -2.35. The molecule has 3 rings (SSSR count). The highest BCUT2D eigenvalue weighted by Gasteiger charge is 1.99. The topological polar surface area (TPSA) is 24.9 Å². The number of fused-ring (bicyclic) bond motifs is 1. The van der Waals surface area contributed by atoms with E-state index in [9.17, 15) is 0 Å². The first-order valence-corrected chi connectivity index (χ1v) is 6.46. The number of pyridine rings is 1. The first kappa shape index (κ1) is 11.7. The zero-order valence-corrected chi connectivity index (χ0v) is 10.9. The molecule has 3 aromatic rings. The fourth-order valence-corrected chi connectivity index (χ4v) is 2.20. The highest BCUT2D eigenvalue weighted by Crippen LogP contribution is 2.17. The fourth-order valence-electron chi connectivity index (χ4n) is 2.20. The summed E-state index contributed by atoms with van der Waals surface area (Å²) in [5.74, 6) is 0. The maximum atomic E-state index is 4.33. The van der Waals surface area contributed by atoms with Crippen molar-refractivity contribution in [3.05, 3.63) is 71.9 Å². The van der Waals surface area contributed by atoms with Gasteiger partial charge in [-0.25, -0.2) is 0 Å². The van der Waals surface area contributed by atoms with E-state index in [0.717, 1.165) is 12.1 Å². The lowest BCUT2D eigenvalue weighted by Gasteiger charge is -2.09. The van der Waals surface area contributed by atoms with Crippen molar-refractivity contribution >= 4 is 16.6 Å². The number of benzene rings is 2. The molecule has 1 N–H and O–H groups in total. The van der Waals surface area contributed by atoms with Crippen LogP contribution in [0.1, 0.15) is 11.1 Å². The second kappa shape index (κ2) is 5.11. The number of aryl methyl sites for hydroxylation is 1. The number of nitrogens with zero attached hydrogens (tertiary/aromatic N) is 1. The maximum absolute atomic E-state index is 4.33. The van der Waals surface area contributed by atoms with E-state index in [1.807, 2.05) is 12.3 Å². The Balaban J connectivity index is 1.80. The van der Waals surface area contributed by atoms with E-state index in [1.54, 1.807) is 0 Å². The SMILES string of the molecule is Cc1ccccc1NCc1ccc2ncccc2c1. The molecule has 19 heavy (non-hydrogen) atoms. The monoisotopic (exact) mass is 248 g/mol. The van der Waals surface area contributed by atoms with Crippen LogP contribution < -0.4 is 5.32 Å². The summed E-state index contributed by atoms with van der Waals surface area (Å²) in [6, 6.07) is 18.8. The molecule has 0 atom stereocenters. The lowest BCUT2D eigenvalue weighted by molar-refractivity contribution is 1.14. The first-order chi connectivity index (χ1) is 9.33. The quantitative estimate of drug-likeness (QED) is 0.753. The molecule has 2 nitrogen and oxygen atoms in total. The minimum Gasteiger partial charge on any atom is -0.381 e. The van der Waals surface area contributed by atoms with Gasteiger partial charge in [-0.1, -0.05) is 30.3 Å². The molecule has 2 heteroatoms. The van der Waals surface area contributed by atoms with Crippen molar-refractivity contribution in [2.45, 2.75) is 13.5 Å². The number of aromatic nitrogens is 1. The first-order valence-electron chi connectivity index (χ1n) is 6.46. The van der Waals surface area contributed by atoms with Gasteiger partial charge in [0, 0.05) is 23.8 Å².